The van der Waals surface area contributed by atoms with E-state index < -0.39 is 0 Å². The second-order valence-electron chi connectivity index (χ2n) is 4.72. The maximum absolute atomic E-state index is 5.45. The summed E-state index contributed by atoms with van der Waals surface area (Å²) in [5, 5.41) is 12.1. The van der Waals surface area contributed by atoms with E-state index in [9.17, 15) is 0 Å². The quantitative estimate of drug-likeness (QED) is 0.522. The van der Waals surface area contributed by atoms with E-state index in [1.54, 1.807) is 13.3 Å². The molecular formula is C14H11BrN6O. The summed E-state index contributed by atoms with van der Waals surface area (Å²) in [6.07, 6.45) is 5.11. The summed E-state index contributed by atoms with van der Waals surface area (Å²) < 4.78 is 6.34. The van der Waals surface area contributed by atoms with E-state index in [0.717, 1.165) is 32.1 Å². The number of anilines is 2. The van der Waals surface area contributed by atoms with Crippen molar-refractivity contribution in [1.82, 2.24) is 25.1 Å². The molecule has 22 heavy (non-hydrogen) atoms. The monoisotopic (exact) mass is 358 g/mol. The van der Waals surface area contributed by atoms with E-state index in [0.29, 0.717) is 11.6 Å². The SMILES string of the molecule is COc1cc2[nH]ncc2cc1Nc1ncnc2[nH]cc(Br)c12. The van der Waals surface area contributed by atoms with Crippen molar-refractivity contribution in [3.8, 4) is 5.75 Å². The second kappa shape index (κ2) is 4.99. The average Bonchev–Trinajstić information content (AvgIpc) is 3.13. The lowest BCUT2D eigenvalue weighted by Gasteiger charge is -2.11. The second-order valence-corrected chi connectivity index (χ2v) is 5.57. The largest absolute Gasteiger partial charge is 0.494 e. The van der Waals surface area contributed by atoms with Gasteiger partial charge in [0.15, 0.2) is 0 Å². The van der Waals surface area contributed by atoms with Crippen molar-refractivity contribution in [1.29, 1.82) is 0 Å². The zero-order valence-electron chi connectivity index (χ0n) is 11.5. The summed E-state index contributed by atoms with van der Waals surface area (Å²) in [5.41, 5.74) is 2.48. The highest BCUT2D eigenvalue weighted by Gasteiger charge is 2.13. The predicted octanol–water partition coefficient (Wildman–Crippen LogP) is 3.35. The molecule has 3 heterocycles. The summed E-state index contributed by atoms with van der Waals surface area (Å²) in [6, 6.07) is 3.86. The van der Waals surface area contributed by atoms with Gasteiger partial charge in [0.25, 0.3) is 0 Å². The fourth-order valence-electron chi connectivity index (χ4n) is 2.39. The Kier molecular flexibility index (Phi) is 2.97. The summed E-state index contributed by atoms with van der Waals surface area (Å²) in [7, 11) is 1.63. The minimum absolute atomic E-state index is 0.694. The van der Waals surface area contributed by atoms with Crippen molar-refractivity contribution in [2.45, 2.75) is 0 Å². The number of hydrogen-bond donors (Lipinski definition) is 3. The van der Waals surface area contributed by atoms with E-state index in [-0.39, 0.29) is 0 Å². The molecule has 0 spiro atoms. The van der Waals surface area contributed by atoms with Crippen LogP contribution in [0, 0.1) is 0 Å². The summed E-state index contributed by atoms with van der Waals surface area (Å²) in [6.45, 7) is 0. The minimum Gasteiger partial charge on any atom is -0.494 e. The lowest BCUT2D eigenvalue weighted by molar-refractivity contribution is 0.417. The number of benzene rings is 1. The number of nitrogens with one attached hydrogen (secondary N) is 3. The van der Waals surface area contributed by atoms with Crippen LogP contribution in [0.25, 0.3) is 21.9 Å². The maximum Gasteiger partial charge on any atom is 0.144 e. The van der Waals surface area contributed by atoms with Gasteiger partial charge >= 0.3 is 0 Å². The first kappa shape index (κ1) is 13.1. The smallest absolute Gasteiger partial charge is 0.144 e. The van der Waals surface area contributed by atoms with Gasteiger partial charge in [-0.05, 0) is 22.0 Å². The van der Waals surface area contributed by atoms with Crippen LogP contribution in [0.15, 0.2) is 35.3 Å². The first-order valence-corrected chi connectivity index (χ1v) is 7.31. The Bertz CT molecular complexity index is 976. The van der Waals surface area contributed by atoms with Gasteiger partial charge < -0.3 is 15.0 Å². The van der Waals surface area contributed by atoms with Gasteiger partial charge in [0.1, 0.15) is 23.5 Å². The fourth-order valence-corrected chi connectivity index (χ4v) is 2.88. The number of aromatic nitrogens is 5. The van der Waals surface area contributed by atoms with Crippen molar-refractivity contribution < 1.29 is 4.74 Å². The molecule has 0 amide bonds. The van der Waals surface area contributed by atoms with E-state index in [4.69, 9.17) is 4.74 Å². The van der Waals surface area contributed by atoms with Crippen LogP contribution in [0.2, 0.25) is 0 Å². The predicted molar refractivity (Wildman–Crippen MR) is 87.5 cm³/mol. The van der Waals surface area contributed by atoms with Crippen molar-refractivity contribution in [3.05, 3.63) is 35.3 Å². The Labute approximate surface area is 133 Å². The molecule has 4 aromatic rings. The molecule has 0 bridgehead atoms. The molecule has 0 radical (unpaired) electrons. The molecule has 3 N–H and O–H groups in total. The number of aromatic amines is 2. The van der Waals surface area contributed by atoms with Crippen LogP contribution in [0.4, 0.5) is 11.5 Å². The summed E-state index contributed by atoms with van der Waals surface area (Å²) in [4.78, 5) is 11.6. The Morgan fingerprint density at radius 2 is 2.18 bits per heavy atom. The lowest BCUT2D eigenvalue weighted by Crippen LogP contribution is -1.98. The molecule has 0 unspecified atom stereocenters. The topological polar surface area (TPSA) is 91.5 Å². The van der Waals surface area contributed by atoms with Crippen LogP contribution in [0.3, 0.4) is 0 Å². The Morgan fingerprint density at radius 3 is 3.05 bits per heavy atom. The van der Waals surface area contributed by atoms with Crippen LogP contribution in [0.1, 0.15) is 0 Å². The highest BCUT2D eigenvalue weighted by Crippen LogP contribution is 2.34. The number of fused-ring (bicyclic) bond motifs is 2. The molecule has 0 saturated carbocycles. The molecule has 3 aromatic heterocycles. The van der Waals surface area contributed by atoms with Gasteiger partial charge in [0.05, 0.1) is 29.9 Å². The standard InChI is InChI=1S/C14H11BrN6O/c1-22-11-3-9-7(4-19-21-9)2-10(11)20-14-12-8(15)5-16-13(12)17-6-18-14/h2-6H,1H3,(H,19,21)(H2,16,17,18,20). The molecule has 7 nitrogen and oxygen atoms in total. The van der Waals surface area contributed by atoms with Gasteiger partial charge in [-0.1, -0.05) is 0 Å². The molecule has 4 rings (SSSR count). The van der Waals surface area contributed by atoms with Crippen molar-refractivity contribution >= 4 is 49.4 Å². The molecule has 0 saturated heterocycles. The zero-order chi connectivity index (χ0) is 15.1. The molecule has 0 atom stereocenters. The average molecular weight is 359 g/mol. The van der Waals surface area contributed by atoms with Gasteiger partial charge in [0, 0.05) is 22.1 Å². The molecular weight excluding hydrogens is 348 g/mol. The van der Waals surface area contributed by atoms with Crippen LogP contribution in [-0.4, -0.2) is 32.3 Å². The van der Waals surface area contributed by atoms with Gasteiger partial charge in [0.2, 0.25) is 0 Å². The fraction of sp³-hybridized carbons (Fsp3) is 0.0714. The highest BCUT2D eigenvalue weighted by atomic mass is 79.9. The molecule has 0 aliphatic carbocycles. The normalized spacial score (nSPS) is 11.2. The van der Waals surface area contributed by atoms with Crippen molar-refractivity contribution in [2.24, 2.45) is 0 Å². The number of methoxy groups -OCH3 is 1. The molecule has 110 valence electrons. The number of H-pyrrole nitrogens is 2. The Morgan fingerprint density at radius 1 is 1.27 bits per heavy atom. The number of ether oxygens (including phenoxy) is 1. The first-order valence-electron chi connectivity index (χ1n) is 6.52. The molecule has 0 fully saturated rings. The summed E-state index contributed by atoms with van der Waals surface area (Å²) in [5.74, 6) is 1.40. The third-order valence-corrected chi connectivity index (χ3v) is 4.06. The third-order valence-electron chi connectivity index (χ3n) is 3.44. The number of nitrogens with zero attached hydrogens (tertiary/aromatic N) is 3. The van der Waals surface area contributed by atoms with Gasteiger partial charge in [-0.2, -0.15) is 5.10 Å². The van der Waals surface area contributed by atoms with Gasteiger partial charge in [-0.3, -0.25) is 5.10 Å². The molecule has 1 aromatic carbocycles. The Hall–Kier alpha value is -2.61. The maximum atomic E-state index is 5.45. The van der Waals surface area contributed by atoms with E-state index in [2.05, 4.69) is 46.4 Å². The summed E-state index contributed by atoms with van der Waals surface area (Å²) >= 11 is 3.50. The van der Waals surface area contributed by atoms with Crippen LogP contribution >= 0.6 is 15.9 Å². The van der Waals surface area contributed by atoms with Crippen molar-refractivity contribution in [2.75, 3.05) is 12.4 Å². The minimum atomic E-state index is 0.694. The van der Waals surface area contributed by atoms with Crippen molar-refractivity contribution in [3.63, 3.8) is 0 Å². The van der Waals surface area contributed by atoms with E-state index >= 15 is 0 Å². The molecule has 8 heteroatoms. The Balaban J connectivity index is 1.86. The molecule has 0 aliphatic rings. The van der Waals surface area contributed by atoms with E-state index in [1.807, 2.05) is 18.3 Å². The highest BCUT2D eigenvalue weighted by molar-refractivity contribution is 9.10. The number of rotatable bonds is 3. The number of hydrogen-bond acceptors (Lipinski definition) is 5. The van der Waals surface area contributed by atoms with Gasteiger partial charge in [-0.15, -0.1) is 0 Å². The van der Waals surface area contributed by atoms with Crippen LogP contribution in [-0.2, 0) is 0 Å². The van der Waals surface area contributed by atoms with E-state index in [1.165, 1.54) is 6.33 Å². The van der Waals surface area contributed by atoms with Gasteiger partial charge in [-0.25, -0.2) is 9.97 Å². The first-order chi connectivity index (χ1) is 10.8. The van der Waals surface area contributed by atoms with Crippen LogP contribution < -0.4 is 10.1 Å². The lowest BCUT2D eigenvalue weighted by atomic mass is 10.2. The number of halogens is 1. The van der Waals surface area contributed by atoms with Crippen LogP contribution in [0.5, 0.6) is 5.75 Å². The third kappa shape index (κ3) is 2.00. The molecule has 0 aliphatic heterocycles. The zero-order valence-corrected chi connectivity index (χ0v) is 13.1.